The number of nitrogens with one attached hydrogen (secondary N) is 1. The number of carboxylic acid groups (broad SMARTS) is 1. The fourth-order valence-corrected chi connectivity index (χ4v) is 1.34. The largest absolute Gasteiger partial charge is 0.477 e. The first-order valence-electron chi connectivity index (χ1n) is 5.28. The van der Waals surface area contributed by atoms with Crippen molar-refractivity contribution in [2.45, 2.75) is 6.92 Å². The van der Waals surface area contributed by atoms with Crippen LogP contribution in [-0.2, 0) is 14.3 Å². The van der Waals surface area contributed by atoms with Crippen molar-refractivity contribution >= 4 is 29.2 Å². The van der Waals surface area contributed by atoms with Gasteiger partial charge in [0.2, 0.25) is 0 Å². The zero-order valence-corrected chi connectivity index (χ0v) is 10.7. The van der Waals surface area contributed by atoms with Crippen molar-refractivity contribution in [2.75, 3.05) is 11.9 Å². The Balaban J connectivity index is 2.89. The van der Waals surface area contributed by atoms with Gasteiger partial charge >= 0.3 is 11.9 Å². The van der Waals surface area contributed by atoms with Crippen molar-refractivity contribution in [1.82, 2.24) is 0 Å². The van der Waals surface area contributed by atoms with Crippen LogP contribution in [0.5, 0.6) is 0 Å². The lowest BCUT2D eigenvalue weighted by molar-refractivity contribution is -0.143. The van der Waals surface area contributed by atoms with Gasteiger partial charge in [-0.25, -0.2) is 14.0 Å². The molecule has 0 fully saturated rings. The number of rotatable bonds is 5. The van der Waals surface area contributed by atoms with E-state index in [-0.39, 0.29) is 11.6 Å². The topological polar surface area (TPSA) is 75.6 Å². The fourth-order valence-electron chi connectivity index (χ4n) is 1.16. The molecule has 0 aliphatic heterocycles. The van der Waals surface area contributed by atoms with Crippen LogP contribution < -0.4 is 5.32 Å². The van der Waals surface area contributed by atoms with E-state index >= 15 is 0 Å². The van der Waals surface area contributed by atoms with Gasteiger partial charge in [0.25, 0.3) is 0 Å². The molecule has 5 nitrogen and oxygen atoms in total. The van der Waals surface area contributed by atoms with Gasteiger partial charge in [0, 0.05) is 11.9 Å². The van der Waals surface area contributed by atoms with Crippen LogP contribution >= 0.6 is 11.6 Å². The van der Waals surface area contributed by atoms with Crippen LogP contribution in [0.4, 0.5) is 10.1 Å². The van der Waals surface area contributed by atoms with Gasteiger partial charge in [0.15, 0.2) is 5.57 Å². The molecule has 0 spiro atoms. The average Bonchev–Trinajstić information content (AvgIpc) is 2.33. The lowest BCUT2D eigenvalue weighted by atomic mass is 10.2. The SMILES string of the molecule is CCOC(=O)C(=CNc1ccc(F)c(Cl)c1)C(=O)O. The molecule has 102 valence electrons. The van der Waals surface area contributed by atoms with Crippen LogP contribution in [0.15, 0.2) is 30.0 Å². The van der Waals surface area contributed by atoms with E-state index in [9.17, 15) is 14.0 Å². The molecule has 1 rings (SSSR count). The molecule has 0 amide bonds. The van der Waals surface area contributed by atoms with Crippen molar-refractivity contribution in [2.24, 2.45) is 0 Å². The van der Waals surface area contributed by atoms with Gasteiger partial charge in [-0.2, -0.15) is 0 Å². The molecule has 2 N–H and O–H groups in total. The summed E-state index contributed by atoms with van der Waals surface area (Å²) in [6.45, 7) is 1.62. The van der Waals surface area contributed by atoms with Crippen LogP contribution in [0, 0.1) is 5.82 Å². The number of carboxylic acids is 1. The first-order valence-corrected chi connectivity index (χ1v) is 5.65. The molecule has 0 aromatic heterocycles. The highest BCUT2D eigenvalue weighted by Crippen LogP contribution is 2.19. The maximum atomic E-state index is 12.9. The molecule has 7 heteroatoms. The third-order valence-corrected chi connectivity index (χ3v) is 2.32. The highest BCUT2D eigenvalue weighted by molar-refractivity contribution is 6.31. The summed E-state index contributed by atoms with van der Waals surface area (Å²) in [5.41, 5.74) is -0.225. The van der Waals surface area contributed by atoms with E-state index < -0.39 is 23.3 Å². The summed E-state index contributed by atoms with van der Waals surface area (Å²) < 4.78 is 17.5. The lowest BCUT2D eigenvalue weighted by Gasteiger charge is -2.05. The maximum absolute atomic E-state index is 12.9. The minimum atomic E-state index is -1.43. The Labute approximate surface area is 113 Å². The summed E-state index contributed by atoms with van der Waals surface area (Å²) in [7, 11) is 0. The smallest absolute Gasteiger partial charge is 0.347 e. The Morgan fingerprint density at radius 3 is 2.74 bits per heavy atom. The quantitative estimate of drug-likeness (QED) is 0.376. The van der Waals surface area contributed by atoms with Gasteiger partial charge in [0.05, 0.1) is 11.6 Å². The van der Waals surface area contributed by atoms with Crippen molar-refractivity contribution in [1.29, 1.82) is 0 Å². The molecule has 0 unspecified atom stereocenters. The molecule has 0 bridgehead atoms. The van der Waals surface area contributed by atoms with Crippen molar-refractivity contribution in [3.05, 3.63) is 40.8 Å². The van der Waals surface area contributed by atoms with E-state index in [0.29, 0.717) is 5.69 Å². The number of carbonyl (C=O) groups excluding carboxylic acids is 1. The van der Waals surface area contributed by atoms with E-state index in [1.54, 1.807) is 6.92 Å². The number of benzene rings is 1. The number of aliphatic carboxylic acids is 1. The van der Waals surface area contributed by atoms with Gasteiger partial charge in [0.1, 0.15) is 5.82 Å². The molecule has 1 aromatic carbocycles. The van der Waals surface area contributed by atoms with E-state index in [2.05, 4.69) is 10.1 Å². The van der Waals surface area contributed by atoms with Crippen LogP contribution in [0.3, 0.4) is 0 Å². The van der Waals surface area contributed by atoms with Crippen molar-refractivity contribution in [3.63, 3.8) is 0 Å². The monoisotopic (exact) mass is 287 g/mol. The molecule has 1 aromatic rings. The van der Waals surface area contributed by atoms with E-state index in [1.807, 2.05) is 0 Å². The molecule has 0 radical (unpaired) electrons. The molecule has 0 saturated carbocycles. The Morgan fingerprint density at radius 2 is 2.21 bits per heavy atom. The third-order valence-electron chi connectivity index (χ3n) is 2.03. The van der Waals surface area contributed by atoms with Gasteiger partial charge in [-0.1, -0.05) is 11.6 Å². The van der Waals surface area contributed by atoms with Crippen molar-refractivity contribution < 1.29 is 23.8 Å². The standard InChI is InChI=1S/C12H11ClFNO4/c1-2-19-12(18)8(11(16)17)6-15-7-3-4-10(14)9(13)5-7/h3-6,15H,2H2,1H3,(H,16,17). The Morgan fingerprint density at radius 1 is 1.53 bits per heavy atom. The number of ether oxygens (including phenoxy) is 1. The zero-order valence-electron chi connectivity index (χ0n) is 9.94. The van der Waals surface area contributed by atoms with E-state index in [1.165, 1.54) is 12.1 Å². The number of carbonyl (C=O) groups is 2. The Kier molecular flexibility index (Phi) is 5.32. The number of hydrogen-bond acceptors (Lipinski definition) is 4. The molecule has 0 aliphatic rings. The predicted molar refractivity (Wildman–Crippen MR) is 67.4 cm³/mol. The molecule has 0 atom stereocenters. The van der Waals surface area contributed by atoms with E-state index in [0.717, 1.165) is 12.3 Å². The van der Waals surface area contributed by atoms with Gasteiger partial charge in [-0.15, -0.1) is 0 Å². The first-order chi connectivity index (χ1) is 8.95. The van der Waals surface area contributed by atoms with E-state index in [4.69, 9.17) is 16.7 Å². The first kappa shape index (κ1) is 15.0. The van der Waals surface area contributed by atoms with Crippen LogP contribution in [0.25, 0.3) is 0 Å². The second kappa shape index (κ2) is 6.75. The summed E-state index contributed by atoms with van der Waals surface area (Å²) in [6, 6.07) is 3.73. The van der Waals surface area contributed by atoms with Crippen molar-refractivity contribution in [3.8, 4) is 0 Å². The second-order valence-corrected chi connectivity index (χ2v) is 3.76. The maximum Gasteiger partial charge on any atom is 0.347 e. The van der Waals surface area contributed by atoms with Crippen LogP contribution in [-0.4, -0.2) is 23.7 Å². The molecule has 0 saturated heterocycles. The fraction of sp³-hybridized carbons (Fsp3) is 0.167. The summed E-state index contributed by atoms with van der Waals surface area (Å²) in [4.78, 5) is 22.2. The highest BCUT2D eigenvalue weighted by atomic mass is 35.5. The number of hydrogen-bond donors (Lipinski definition) is 2. The highest BCUT2D eigenvalue weighted by Gasteiger charge is 2.18. The molecular formula is C12H11ClFNO4. The third kappa shape index (κ3) is 4.26. The Bertz CT molecular complexity index is 530. The number of esters is 1. The van der Waals surface area contributed by atoms with Gasteiger partial charge in [-0.3, -0.25) is 0 Å². The molecular weight excluding hydrogens is 277 g/mol. The number of anilines is 1. The average molecular weight is 288 g/mol. The van der Waals surface area contributed by atoms with Gasteiger partial charge in [-0.05, 0) is 25.1 Å². The zero-order chi connectivity index (χ0) is 14.4. The van der Waals surface area contributed by atoms with Crippen LogP contribution in [0.1, 0.15) is 6.92 Å². The second-order valence-electron chi connectivity index (χ2n) is 3.36. The summed E-state index contributed by atoms with van der Waals surface area (Å²) in [5.74, 6) is -2.99. The minimum Gasteiger partial charge on any atom is -0.477 e. The normalized spacial score (nSPS) is 11.0. The molecule has 19 heavy (non-hydrogen) atoms. The van der Waals surface area contributed by atoms with Crippen LogP contribution in [0.2, 0.25) is 5.02 Å². The minimum absolute atomic E-state index is 0.0613. The van der Waals surface area contributed by atoms with Gasteiger partial charge < -0.3 is 15.2 Å². The summed E-state index contributed by atoms with van der Waals surface area (Å²) in [6.07, 6.45) is 0.962. The predicted octanol–water partition coefficient (Wildman–Crippen LogP) is 2.42. The number of halogens is 2. The Hall–Kier alpha value is -2.08. The molecule has 0 heterocycles. The summed E-state index contributed by atoms with van der Waals surface area (Å²) >= 11 is 5.56. The summed E-state index contributed by atoms with van der Waals surface area (Å²) in [5, 5.41) is 11.3. The molecule has 0 aliphatic carbocycles. The lowest BCUT2D eigenvalue weighted by Crippen LogP contribution is -2.16.